The van der Waals surface area contributed by atoms with E-state index < -0.39 is 0 Å². The summed E-state index contributed by atoms with van der Waals surface area (Å²) in [5.41, 5.74) is 0. The summed E-state index contributed by atoms with van der Waals surface area (Å²) in [6.07, 6.45) is 4.51. The molecule has 1 unspecified atom stereocenters. The third-order valence-electron chi connectivity index (χ3n) is 2.42. The van der Waals surface area contributed by atoms with E-state index in [1.54, 1.807) is 17.1 Å². The molecule has 102 valence electrons. The first-order valence-corrected chi connectivity index (χ1v) is 6.89. The first-order chi connectivity index (χ1) is 8.50. The van der Waals surface area contributed by atoms with Crippen LogP contribution in [-0.4, -0.2) is 34.9 Å². The number of halogens is 1. The second-order valence-corrected chi connectivity index (χ2v) is 5.29. The molecule has 0 aliphatic carbocycles. The Morgan fingerprint density at radius 1 is 1.56 bits per heavy atom. The van der Waals surface area contributed by atoms with Gasteiger partial charge in [0.25, 0.3) is 0 Å². The zero-order valence-corrected chi connectivity index (χ0v) is 12.6. The molecule has 0 aliphatic rings. The van der Waals surface area contributed by atoms with Gasteiger partial charge in [-0.3, -0.25) is 9.48 Å². The van der Waals surface area contributed by atoms with Crippen molar-refractivity contribution in [3.63, 3.8) is 0 Å². The summed E-state index contributed by atoms with van der Waals surface area (Å²) >= 11 is 3.30. The Morgan fingerprint density at radius 2 is 2.28 bits per heavy atom. The van der Waals surface area contributed by atoms with Gasteiger partial charge in [0.15, 0.2) is 0 Å². The van der Waals surface area contributed by atoms with Crippen molar-refractivity contribution in [1.29, 1.82) is 0 Å². The number of nitrogens with zero attached hydrogens (tertiary/aromatic N) is 2. The monoisotopic (exact) mass is 317 g/mol. The standard InChI is InChI=1S/C12H20BrN3O2/c1-9(2)18-6-4-5-14-12(17)10(3)16-8-11(13)7-15-16/h7-10H,4-6H2,1-3H3,(H,14,17). The lowest BCUT2D eigenvalue weighted by Crippen LogP contribution is -2.32. The molecule has 0 aromatic carbocycles. The van der Waals surface area contributed by atoms with Crippen molar-refractivity contribution in [2.75, 3.05) is 13.2 Å². The number of hydrogen-bond donors (Lipinski definition) is 1. The molecule has 1 N–H and O–H groups in total. The molecule has 0 spiro atoms. The molecule has 1 heterocycles. The molecule has 5 nitrogen and oxygen atoms in total. The molecule has 1 amide bonds. The third-order valence-corrected chi connectivity index (χ3v) is 2.83. The van der Waals surface area contributed by atoms with Gasteiger partial charge in [0.05, 0.1) is 16.8 Å². The molecule has 1 atom stereocenters. The maximum absolute atomic E-state index is 11.8. The molecule has 6 heteroatoms. The van der Waals surface area contributed by atoms with E-state index in [0.717, 1.165) is 10.9 Å². The van der Waals surface area contributed by atoms with Crippen molar-refractivity contribution < 1.29 is 9.53 Å². The van der Waals surface area contributed by atoms with Crippen LogP contribution in [0.4, 0.5) is 0 Å². The largest absolute Gasteiger partial charge is 0.379 e. The van der Waals surface area contributed by atoms with Crippen LogP contribution in [0.2, 0.25) is 0 Å². The van der Waals surface area contributed by atoms with Crippen molar-refractivity contribution in [1.82, 2.24) is 15.1 Å². The fraction of sp³-hybridized carbons (Fsp3) is 0.667. The van der Waals surface area contributed by atoms with Gasteiger partial charge in [-0.15, -0.1) is 0 Å². The van der Waals surface area contributed by atoms with Crippen molar-refractivity contribution in [3.8, 4) is 0 Å². The number of hydrogen-bond acceptors (Lipinski definition) is 3. The van der Waals surface area contributed by atoms with Crippen molar-refractivity contribution in [2.45, 2.75) is 39.3 Å². The quantitative estimate of drug-likeness (QED) is 0.784. The lowest BCUT2D eigenvalue weighted by molar-refractivity contribution is -0.124. The Kier molecular flexibility index (Phi) is 6.35. The lowest BCUT2D eigenvalue weighted by atomic mass is 10.3. The maximum Gasteiger partial charge on any atom is 0.244 e. The highest BCUT2D eigenvalue weighted by atomic mass is 79.9. The minimum absolute atomic E-state index is 0.0323. The zero-order chi connectivity index (χ0) is 13.5. The Labute approximate surface area is 116 Å². The molecule has 1 aromatic rings. The Morgan fingerprint density at radius 3 is 2.83 bits per heavy atom. The van der Waals surface area contributed by atoms with Crippen LogP contribution in [0.15, 0.2) is 16.9 Å². The van der Waals surface area contributed by atoms with Crippen LogP contribution in [0.1, 0.15) is 33.2 Å². The van der Waals surface area contributed by atoms with Crippen molar-refractivity contribution in [2.24, 2.45) is 0 Å². The smallest absolute Gasteiger partial charge is 0.244 e. The summed E-state index contributed by atoms with van der Waals surface area (Å²) in [6.45, 7) is 7.10. The number of aromatic nitrogens is 2. The van der Waals surface area contributed by atoms with Crippen molar-refractivity contribution >= 4 is 21.8 Å². The van der Waals surface area contributed by atoms with Crippen LogP contribution in [0, 0.1) is 0 Å². The van der Waals surface area contributed by atoms with Gasteiger partial charge in [0.2, 0.25) is 5.91 Å². The summed E-state index contributed by atoms with van der Waals surface area (Å²) in [5, 5.41) is 6.96. The normalized spacial score (nSPS) is 12.7. The number of nitrogens with one attached hydrogen (secondary N) is 1. The van der Waals surface area contributed by atoms with Gasteiger partial charge in [-0.1, -0.05) is 0 Å². The van der Waals surface area contributed by atoms with Gasteiger partial charge in [0, 0.05) is 19.3 Å². The van der Waals surface area contributed by atoms with E-state index in [1.165, 1.54) is 0 Å². The average molecular weight is 318 g/mol. The highest BCUT2D eigenvalue weighted by Gasteiger charge is 2.14. The van der Waals surface area contributed by atoms with Crippen LogP contribution in [-0.2, 0) is 9.53 Å². The second-order valence-electron chi connectivity index (χ2n) is 4.38. The third kappa shape index (κ3) is 5.18. The topological polar surface area (TPSA) is 56.1 Å². The summed E-state index contributed by atoms with van der Waals surface area (Å²) < 4.78 is 7.89. The fourth-order valence-electron chi connectivity index (χ4n) is 1.40. The molecule has 1 aromatic heterocycles. The Hall–Kier alpha value is -0.880. The van der Waals surface area contributed by atoms with Gasteiger partial charge in [-0.2, -0.15) is 5.10 Å². The molecule has 18 heavy (non-hydrogen) atoms. The van der Waals surface area contributed by atoms with E-state index in [-0.39, 0.29) is 18.1 Å². The number of carbonyl (C=O) groups excluding carboxylic acids is 1. The van der Waals surface area contributed by atoms with Crippen molar-refractivity contribution in [3.05, 3.63) is 16.9 Å². The SMILES string of the molecule is CC(C)OCCCNC(=O)C(C)n1cc(Br)cn1. The predicted molar refractivity (Wildman–Crippen MR) is 73.4 cm³/mol. The highest BCUT2D eigenvalue weighted by molar-refractivity contribution is 9.10. The molecule has 0 radical (unpaired) electrons. The lowest BCUT2D eigenvalue weighted by Gasteiger charge is -2.13. The zero-order valence-electron chi connectivity index (χ0n) is 11.0. The minimum atomic E-state index is -0.303. The summed E-state index contributed by atoms with van der Waals surface area (Å²) in [6, 6.07) is -0.303. The predicted octanol–water partition coefficient (Wildman–Crippen LogP) is 2.14. The molecule has 0 aliphatic heterocycles. The van der Waals surface area contributed by atoms with Gasteiger partial charge < -0.3 is 10.1 Å². The van der Waals surface area contributed by atoms with Crippen LogP contribution in [0.5, 0.6) is 0 Å². The minimum Gasteiger partial charge on any atom is -0.379 e. The van der Waals surface area contributed by atoms with Gasteiger partial charge in [0.1, 0.15) is 6.04 Å². The van der Waals surface area contributed by atoms with Gasteiger partial charge >= 0.3 is 0 Å². The van der Waals surface area contributed by atoms with E-state index in [1.807, 2.05) is 20.8 Å². The number of amides is 1. The number of rotatable bonds is 7. The average Bonchev–Trinajstić information content (AvgIpc) is 2.73. The molecule has 0 saturated carbocycles. The van der Waals surface area contributed by atoms with E-state index in [2.05, 4.69) is 26.3 Å². The van der Waals surface area contributed by atoms with E-state index in [4.69, 9.17) is 4.74 Å². The summed E-state index contributed by atoms with van der Waals surface area (Å²) in [5.74, 6) is -0.0323. The van der Waals surface area contributed by atoms with Gasteiger partial charge in [-0.05, 0) is 43.1 Å². The fourth-order valence-corrected chi connectivity index (χ4v) is 1.70. The van der Waals surface area contributed by atoms with E-state index in [9.17, 15) is 4.79 Å². The molecule has 0 fully saturated rings. The molecular formula is C12H20BrN3O2. The van der Waals surface area contributed by atoms with Gasteiger partial charge in [-0.25, -0.2) is 0 Å². The highest BCUT2D eigenvalue weighted by Crippen LogP contribution is 2.11. The van der Waals surface area contributed by atoms with Crippen LogP contribution < -0.4 is 5.32 Å². The molecule has 0 bridgehead atoms. The molecule has 1 rings (SSSR count). The molecular weight excluding hydrogens is 298 g/mol. The van der Waals surface area contributed by atoms with E-state index >= 15 is 0 Å². The summed E-state index contributed by atoms with van der Waals surface area (Å²) in [7, 11) is 0. The number of carbonyl (C=O) groups is 1. The number of ether oxygens (including phenoxy) is 1. The summed E-state index contributed by atoms with van der Waals surface area (Å²) in [4.78, 5) is 11.8. The Bertz CT molecular complexity index is 379. The maximum atomic E-state index is 11.8. The van der Waals surface area contributed by atoms with E-state index in [0.29, 0.717) is 13.2 Å². The second kappa shape index (κ2) is 7.53. The molecule has 0 saturated heterocycles. The van der Waals surface area contributed by atoms with Crippen LogP contribution >= 0.6 is 15.9 Å². The van der Waals surface area contributed by atoms with Crippen LogP contribution in [0.3, 0.4) is 0 Å². The van der Waals surface area contributed by atoms with Crippen LogP contribution in [0.25, 0.3) is 0 Å². The Balaban J connectivity index is 2.24. The first-order valence-electron chi connectivity index (χ1n) is 6.09. The first kappa shape index (κ1) is 15.2.